The first-order valence-corrected chi connectivity index (χ1v) is 16.1. The number of hydrogen-bond donors (Lipinski definition) is 3. The van der Waals surface area contributed by atoms with Gasteiger partial charge in [0.25, 0.3) is 0 Å². The summed E-state index contributed by atoms with van der Waals surface area (Å²) < 4.78 is 32.7. The van der Waals surface area contributed by atoms with Crippen molar-refractivity contribution in [3.8, 4) is 0 Å². The number of nitrogens with two attached hydrogens (primary N) is 1. The smallest absolute Gasteiger partial charge is 0.326 e. The molecule has 4 N–H and O–H groups in total. The van der Waals surface area contributed by atoms with Gasteiger partial charge in [-0.3, -0.25) is 14.2 Å². The largest absolute Gasteiger partial charge is 0.486 e. The number of fused-ring (bicyclic) bond motifs is 1. The zero-order valence-electron chi connectivity index (χ0n) is 24.6. The van der Waals surface area contributed by atoms with Crippen LogP contribution in [-0.4, -0.2) is 62.1 Å². The Labute approximate surface area is 241 Å². The van der Waals surface area contributed by atoms with E-state index in [2.05, 4.69) is 38.6 Å². The third-order valence-electron chi connectivity index (χ3n) is 6.77. The molecule has 0 amide bonds. The van der Waals surface area contributed by atoms with Gasteiger partial charge in [-0.05, 0) is 52.9 Å². The van der Waals surface area contributed by atoms with E-state index in [0.717, 1.165) is 51.4 Å². The highest BCUT2D eigenvalue weighted by molar-refractivity contribution is 7.59. The van der Waals surface area contributed by atoms with Gasteiger partial charge in [0.2, 0.25) is 7.44 Å². The van der Waals surface area contributed by atoms with Crippen LogP contribution >= 0.6 is 7.44 Å². The van der Waals surface area contributed by atoms with Crippen LogP contribution in [0.4, 0.5) is 5.82 Å². The molecular formula is C27H44N7O6P. The average Bonchev–Trinajstić information content (AvgIpc) is 3.58. The fourth-order valence-corrected chi connectivity index (χ4v) is 6.84. The number of nitrogen functional groups attached to an aromatic ring is 1. The second kappa shape index (κ2) is 14.7. The molecule has 0 aromatic carbocycles. The third kappa shape index (κ3) is 9.51. The van der Waals surface area contributed by atoms with E-state index in [-0.39, 0.29) is 30.8 Å². The molecule has 0 spiro atoms. The molecule has 228 valence electrons. The second-order valence-corrected chi connectivity index (χ2v) is 13.2. The van der Waals surface area contributed by atoms with Crippen molar-refractivity contribution in [2.45, 2.75) is 103 Å². The molecule has 0 aliphatic heterocycles. The summed E-state index contributed by atoms with van der Waals surface area (Å²) in [6.45, 7) is 11.2. The van der Waals surface area contributed by atoms with Crippen LogP contribution < -0.4 is 15.9 Å². The Balaban J connectivity index is 1.68. The molecule has 1 aliphatic carbocycles. The van der Waals surface area contributed by atoms with Gasteiger partial charge < -0.3 is 24.5 Å². The van der Waals surface area contributed by atoms with Crippen LogP contribution in [0.2, 0.25) is 0 Å². The lowest BCUT2D eigenvalue weighted by Crippen LogP contribution is -2.50. The van der Waals surface area contributed by atoms with E-state index in [4.69, 9.17) is 19.9 Å². The van der Waals surface area contributed by atoms with Crippen LogP contribution in [0.15, 0.2) is 25.0 Å². The Morgan fingerprint density at radius 2 is 1.93 bits per heavy atom. The number of carbonyl (C=O) groups excluding carboxylic acids is 2. The van der Waals surface area contributed by atoms with Crippen LogP contribution in [-0.2, 0) is 34.9 Å². The maximum absolute atomic E-state index is 14.2. The fourth-order valence-electron chi connectivity index (χ4n) is 4.54. The molecule has 0 bridgehead atoms. The Bertz CT molecular complexity index is 1240. The van der Waals surface area contributed by atoms with Gasteiger partial charge >= 0.3 is 11.9 Å². The summed E-state index contributed by atoms with van der Waals surface area (Å²) in [6.07, 6.45) is 9.80. The minimum Gasteiger partial charge on any atom is -0.486 e. The molecule has 2 heterocycles. The number of rotatable bonds is 17. The summed E-state index contributed by atoms with van der Waals surface area (Å²) in [5, 5.41) is 5.75. The highest BCUT2D eigenvalue weighted by Gasteiger charge is 2.40. The topological polar surface area (TPSA) is 173 Å². The van der Waals surface area contributed by atoms with Crippen molar-refractivity contribution in [3.05, 3.63) is 25.0 Å². The normalized spacial score (nSPS) is 16.3. The molecule has 3 rings (SSSR count). The summed E-state index contributed by atoms with van der Waals surface area (Å²) >= 11 is 0. The Morgan fingerprint density at radius 1 is 1.20 bits per heavy atom. The molecule has 2 aromatic heterocycles. The van der Waals surface area contributed by atoms with Crippen LogP contribution in [0.3, 0.4) is 0 Å². The molecule has 0 unspecified atom stereocenters. The number of anilines is 1. The van der Waals surface area contributed by atoms with Crippen molar-refractivity contribution in [1.29, 1.82) is 0 Å². The van der Waals surface area contributed by atoms with E-state index >= 15 is 0 Å². The van der Waals surface area contributed by atoms with Gasteiger partial charge in [0.05, 0.1) is 19.5 Å². The molecule has 13 nitrogen and oxygen atoms in total. The Morgan fingerprint density at radius 3 is 2.63 bits per heavy atom. The van der Waals surface area contributed by atoms with Gasteiger partial charge in [-0.15, -0.1) is 0 Å². The fraction of sp³-hybridized carbons (Fsp3) is 0.667. The van der Waals surface area contributed by atoms with E-state index in [0.29, 0.717) is 11.2 Å². The predicted molar refractivity (Wildman–Crippen MR) is 156 cm³/mol. The number of carbonyl (C=O) groups is 2. The van der Waals surface area contributed by atoms with Gasteiger partial charge in [-0.2, -0.15) is 0 Å². The molecular weight excluding hydrogens is 549 g/mol. The van der Waals surface area contributed by atoms with E-state index in [1.54, 1.807) is 25.3 Å². The first-order valence-electron chi connectivity index (χ1n) is 14.2. The molecule has 41 heavy (non-hydrogen) atoms. The molecule has 14 heteroatoms. The SMILES string of the molecule is C=C(Cn1cnc2c(N)ncnc21)OC[P@@](=O)(N[C@H](C)C(=O)OC1CCCC1)NC(C)(C)C(=O)OCCCCCC. The van der Waals surface area contributed by atoms with Crippen LogP contribution in [0, 0.1) is 0 Å². The zero-order chi connectivity index (χ0) is 30.0. The maximum Gasteiger partial charge on any atom is 0.326 e. The van der Waals surface area contributed by atoms with Crippen molar-refractivity contribution >= 4 is 36.4 Å². The standard InChI is InChI=1S/C27H44N7O6P/c1-6-7-8-11-14-38-26(36)27(4,5)33-41(37,32-20(3)25(35)40-21-12-9-10-13-21)18-39-19(2)15-34-17-31-22-23(28)29-16-30-24(22)34/h16-17,20-21H,2,6-15,18H2,1,3-5H3,(H2,28,29,30)(H2,32,33,37)/t20-,41-/m1/s1. The van der Waals surface area contributed by atoms with Crippen molar-refractivity contribution in [2.24, 2.45) is 0 Å². The molecule has 1 fully saturated rings. The molecule has 1 aliphatic rings. The quantitative estimate of drug-likeness (QED) is 0.104. The summed E-state index contributed by atoms with van der Waals surface area (Å²) in [4.78, 5) is 38.1. The molecule has 0 radical (unpaired) electrons. The van der Waals surface area contributed by atoms with Gasteiger partial charge in [0.1, 0.15) is 35.3 Å². The number of unbranched alkanes of at least 4 members (excludes halogenated alkanes) is 3. The summed E-state index contributed by atoms with van der Waals surface area (Å²) in [5.41, 5.74) is 5.45. The van der Waals surface area contributed by atoms with Gasteiger partial charge in [-0.25, -0.2) is 25.1 Å². The van der Waals surface area contributed by atoms with E-state index in [9.17, 15) is 14.2 Å². The summed E-state index contributed by atoms with van der Waals surface area (Å²) in [5.74, 6) is -0.576. The number of nitrogens with one attached hydrogen (secondary N) is 2. The minimum absolute atomic E-state index is 0.142. The molecule has 2 atom stereocenters. The van der Waals surface area contributed by atoms with Crippen LogP contribution in [0.5, 0.6) is 0 Å². The number of allylic oxidation sites excluding steroid dienone is 1. The van der Waals surface area contributed by atoms with Crippen molar-refractivity contribution in [3.63, 3.8) is 0 Å². The number of imidazole rings is 1. The molecule has 0 saturated heterocycles. The molecule has 1 saturated carbocycles. The number of aromatic nitrogens is 4. The summed E-state index contributed by atoms with van der Waals surface area (Å²) in [7, 11) is -3.75. The average molecular weight is 594 g/mol. The van der Waals surface area contributed by atoms with E-state index in [1.165, 1.54) is 12.7 Å². The highest BCUT2D eigenvalue weighted by Crippen LogP contribution is 2.41. The van der Waals surface area contributed by atoms with Crippen molar-refractivity contribution < 1.29 is 28.4 Å². The Hall–Kier alpha value is -3.02. The van der Waals surface area contributed by atoms with Crippen molar-refractivity contribution in [2.75, 3.05) is 18.7 Å². The van der Waals surface area contributed by atoms with Crippen molar-refractivity contribution in [1.82, 2.24) is 29.7 Å². The summed E-state index contributed by atoms with van der Waals surface area (Å²) in [6, 6.07) is -0.927. The van der Waals surface area contributed by atoms with E-state index in [1.807, 2.05) is 0 Å². The lowest BCUT2D eigenvalue weighted by Gasteiger charge is -2.32. The first-order chi connectivity index (χ1) is 19.4. The number of nitrogens with zero attached hydrogens (tertiary/aromatic N) is 4. The van der Waals surface area contributed by atoms with Crippen LogP contribution in [0.1, 0.15) is 79.1 Å². The number of hydrogen-bond acceptors (Lipinski definition) is 10. The van der Waals surface area contributed by atoms with Gasteiger partial charge in [0, 0.05) is 0 Å². The predicted octanol–water partition coefficient (Wildman–Crippen LogP) is 4.05. The molecule has 2 aromatic rings. The van der Waals surface area contributed by atoms with Crippen LogP contribution in [0.25, 0.3) is 11.2 Å². The van der Waals surface area contributed by atoms with Gasteiger partial charge in [0.15, 0.2) is 17.8 Å². The number of ether oxygens (including phenoxy) is 3. The Kier molecular flexibility index (Phi) is 11.7. The maximum atomic E-state index is 14.2. The van der Waals surface area contributed by atoms with E-state index < -0.39 is 37.3 Å². The monoisotopic (exact) mass is 593 g/mol. The minimum atomic E-state index is -3.75. The van der Waals surface area contributed by atoms with Gasteiger partial charge in [-0.1, -0.05) is 32.8 Å². The lowest BCUT2D eigenvalue weighted by atomic mass is 10.1. The first kappa shape index (κ1) is 32.5. The zero-order valence-corrected chi connectivity index (χ0v) is 25.5. The highest BCUT2D eigenvalue weighted by atomic mass is 31.2. The number of esters is 2. The second-order valence-electron chi connectivity index (χ2n) is 11.0. The lowest BCUT2D eigenvalue weighted by molar-refractivity contribution is -0.150. The third-order valence-corrected chi connectivity index (χ3v) is 8.99.